The molecule has 0 radical (unpaired) electrons. The lowest BCUT2D eigenvalue weighted by Crippen LogP contribution is -2.30. The summed E-state index contributed by atoms with van der Waals surface area (Å²) >= 11 is 1.97. The Kier molecular flexibility index (Phi) is 3.52. The van der Waals surface area contributed by atoms with E-state index in [1.165, 1.54) is 13.4 Å². The maximum absolute atomic E-state index is 10.1. The van der Waals surface area contributed by atoms with Crippen molar-refractivity contribution in [1.29, 1.82) is 0 Å². The van der Waals surface area contributed by atoms with Gasteiger partial charge in [-0.3, -0.25) is 4.57 Å². The van der Waals surface area contributed by atoms with E-state index in [-0.39, 0.29) is 0 Å². The molecule has 1 aliphatic rings. The molecule has 1 saturated heterocycles. The van der Waals surface area contributed by atoms with Gasteiger partial charge in [0.2, 0.25) is 5.88 Å². The molecule has 3 heterocycles. The minimum absolute atomic E-state index is 0.360. The summed E-state index contributed by atoms with van der Waals surface area (Å²) in [7, 11) is 1.50. The van der Waals surface area contributed by atoms with Crippen LogP contribution < -0.4 is 4.74 Å². The maximum Gasteiger partial charge on any atom is 0.246 e. The lowest BCUT2D eigenvalue weighted by atomic mass is 10.1. The summed E-state index contributed by atoms with van der Waals surface area (Å²) in [5, 5.41) is 19.9. The zero-order chi connectivity index (χ0) is 14.4. The average molecular weight is 392 g/mol. The number of ether oxygens (including phenoxy) is 2. The molecule has 0 aromatic carbocycles. The van der Waals surface area contributed by atoms with Crippen molar-refractivity contribution in [3.63, 3.8) is 0 Å². The van der Waals surface area contributed by atoms with Gasteiger partial charge in [0.25, 0.3) is 0 Å². The lowest BCUT2D eigenvalue weighted by Gasteiger charge is -2.16. The summed E-state index contributed by atoms with van der Waals surface area (Å²) in [5.41, 5.74) is 0.976. The third kappa shape index (κ3) is 2.05. The number of imidazole rings is 1. The van der Waals surface area contributed by atoms with Crippen LogP contribution in [0.1, 0.15) is 13.2 Å². The molecule has 9 heteroatoms. The highest BCUT2D eigenvalue weighted by atomic mass is 127. The van der Waals surface area contributed by atoms with E-state index in [2.05, 4.69) is 15.0 Å². The number of methoxy groups -OCH3 is 1. The molecule has 0 saturated carbocycles. The first-order valence-corrected chi connectivity index (χ1v) is 7.06. The van der Waals surface area contributed by atoms with Gasteiger partial charge in [0, 0.05) is 22.6 Å². The molecule has 2 N–H and O–H groups in total. The van der Waals surface area contributed by atoms with Crippen LogP contribution in [0.4, 0.5) is 0 Å². The third-order valence-electron chi connectivity index (χ3n) is 3.31. The van der Waals surface area contributed by atoms with Crippen molar-refractivity contribution >= 4 is 33.8 Å². The molecular weight excluding hydrogens is 379 g/mol. The Hall–Kier alpha value is -1.04. The smallest absolute Gasteiger partial charge is 0.246 e. The van der Waals surface area contributed by atoms with Crippen molar-refractivity contribution in [2.75, 3.05) is 7.11 Å². The molecule has 0 unspecified atom stereocenters. The first kappa shape index (κ1) is 13.9. The van der Waals surface area contributed by atoms with E-state index < -0.39 is 24.5 Å². The fourth-order valence-electron chi connectivity index (χ4n) is 2.25. The Bertz CT molecular complexity index is 649. The molecule has 3 rings (SSSR count). The highest BCUT2D eigenvalue weighted by molar-refractivity contribution is 14.1. The van der Waals surface area contributed by atoms with Gasteiger partial charge >= 0.3 is 0 Å². The van der Waals surface area contributed by atoms with E-state index in [4.69, 9.17) is 9.47 Å². The van der Waals surface area contributed by atoms with Gasteiger partial charge in [-0.05, 0) is 6.92 Å². The first-order chi connectivity index (χ1) is 9.52. The minimum atomic E-state index is -1.04. The summed E-state index contributed by atoms with van der Waals surface area (Å²) in [4.78, 5) is 12.6. The van der Waals surface area contributed by atoms with Crippen molar-refractivity contribution in [3.8, 4) is 5.88 Å². The first-order valence-electron chi connectivity index (χ1n) is 5.98. The van der Waals surface area contributed by atoms with Crippen LogP contribution in [0.5, 0.6) is 5.88 Å². The Morgan fingerprint density at radius 3 is 2.70 bits per heavy atom. The summed E-state index contributed by atoms with van der Waals surface area (Å²) in [5.74, 6) is 0.360. The summed E-state index contributed by atoms with van der Waals surface area (Å²) < 4.78 is 12.8. The van der Waals surface area contributed by atoms with Crippen molar-refractivity contribution in [1.82, 2.24) is 19.5 Å². The molecule has 0 aliphatic carbocycles. The Morgan fingerprint density at radius 2 is 2.10 bits per heavy atom. The highest BCUT2D eigenvalue weighted by Crippen LogP contribution is 2.32. The van der Waals surface area contributed by atoms with Gasteiger partial charge in [0.1, 0.15) is 12.2 Å². The van der Waals surface area contributed by atoms with Gasteiger partial charge in [-0.15, -0.1) is 0 Å². The van der Waals surface area contributed by atoms with Crippen LogP contribution in [0.15, 0.2) is 6.33 Å². The van der Waals surface area contributed by atoms with Crippen molar-refractivity contribution in [3.05, 3.63) is 10.2 Å². The molecule has 2 aromatic rings. The number of aromatic nitrogens is 4. The van der Waals surface area contributed by atoms with E-state index in [1.807, 2.05) is 22.6 Å². The SMILES string of the molecule is COc1nc(I)nc2c1ncn2[C@@H]1O[C@H](C)[C@@H](O)[C@H]1O. The predicted molar refractivity (Wildman–Crippen MR) is 76.2 cm³/mol. The van der Waals surface area contributed by atoms with Gasteiger partial charge in [-0.1, -0.05) is 0 Å². The summed E-state index contributed by atoms with van der Waals surface area (Å²) in [6.07, 6.45) is -1.69. The normalized spacial score (nSPS) is 30.1. The van der Waals surface area contributed by atoms with Crippen molar-refractivity contribution in [2.45, 2.75) is 31.5 Å². The molecule has 108 valence electrons. The molecule has 0 bridgehead atoms. The number of aliphatic hydroxyl groups is 2. The third-order valence-corrected chi connectivity index (χ3v) is 3.79. The fraction of sp³-hybridized carbons (Fsp3) is 0.545. The second-order valence-corrected chi connectivity index (χ2v) is 5.50. The van der Waals surface area contributed by atoms with E-state index in [9.17, 15) is 10.2 Å². The summed E-state index contributed by atoms with van der Waals surface area (Å²) in [6.45, 7) is 1.70. The molecule has 0 spiro atoms. The van der Waals surface area contributed by atoms with Crippen LogP contribution in [0.2, 0.25) is 0 Å². The average Bonchev–Trinajstić information content (AvgIpc) is 2.94. The van der Waals surface area contributed by atoms with Gasteiger partial charge in [0.15, 0.2) is 21.2 Å². The molecule has 20 heavy (non-hydrogen) atoms. The Balaban J connectivity index is 2.11. The van der Waals surface area contributed by atoms with E-state index in [0.29, 0.717) is 20.9 Å². The fourth-order valence-corrected chi connectivity index (χ4v) is 2.70. The minimum Gasteiger partial charge on any atom is -0.479 e. The highest BCUT2D eigenvalue weighted by Gasteiger charge is 2.42. The molecule has 8 nitrogen and oxygen atoms in total. The topological polar surface area (TPSA) is 103 Å². The zero-order valence-electron chi connectivity index (χ0n) is 10.8. The molecule has 1 fully saturated rings. The number of halogens is 1. The van der Waals surface area contributed by atoms with Gasteiger partial charge in [-0.2, -0.15) is 4.98 Å². The molecule has 2 aromatic heterocycles. The molecular formula is C11H13IN4O4. The van der Waals surface area contributed by atoms with Crippen LogP contribution >= 0.6 is 22.6 Å². The number of aliphatic hydroxyl groups excluding tert-OH is 2. The quantitative estimate of drug-likeness (QED) is 0.551. The van der Waals surface area contributed by atoms with E-state index in [1.54, 1.807) is 11.5 Å². The number of fused-ring (bicyclic) bond motifs is 1. The standard InChI is InChI=1S/C11H13IN4O4/c1-4-6(17)7(18)10(20-4)16-3-13-5-8(16)14-11(12)15-9(5)19-2/h3-4,6-7,10,17-18H,1-2H3/t4-,6-,7-,10-/m1/s1. The number of rotatable bonds is 2. The molecule has 1 aliphatic heterocycles. The second kappa shape index (κ2) is 5.06. The molecule has 4 atom stereocenters. The number of hydrogen-bond donors (Lipinski definition) is 2. The van der Waals surface area contributed by atoms with Gasteiger partial charge in [0.05, 0.1) is 19.5 Å². The largest absolute Gasteiger partial charge is 0.479 e. The van der Waals surface area contributed by atoms with Crippen LogP contribution in [0.3, 0.4) is 0 Å². The molecule has 0 amide bonds. The lowest BCUT2D eigenvalue weighted by molar-refractivity contribution is -0.0299. The van der Waals surface area contributed by atoms with Crippen LogP contribution in [-0.2, 0) is 4.74 Å². The van der Waals surface area contributed by atoms with Crippen LogP contribution in [0, 0.1) is 3.83 Å². The van der Waals surface area contributed by atoms with Crippen molar-refractivity contribution < 1.29 is 19.7 Å². The number of hydrogen-bond acceptors (Lipinski definition) is 7. The predicted octanol–water partition coefficient (Wildman–Crippen LogP) is 0.0786. The van der Waals surface area contributed by atoms with Crippen LogP contribution in [-0.4, -0.2) is 55.2 Å². The Morgan fingerprint density at radius 1 is 1.35 bits per heavy atom. The van der Waals surface area contributed by atoms with Crippen LogP contribution in [0.25, 0.3) is 11.2 Å². The summed E-state index contributed by atoms with van der Waals surface area (Å²) in [6, 6.07) is 0. The monoisotopic (exact) mass is 392 g/mol. The second-order valence-electron chi connectivity index (χ2n) is 4.54. The van der Waals surface area contributed by atoms with E-state index in [0.717, 1.165) is 0 Å². The zero-order valence-corrected chi connectivity index (χ0v) is 12.9. The van der Waals surface area contributed by atoms with Crippen molar-refractivity contribution in [2.24, 2.45) is 0 Å². The Labute approximate surface area is 127 Å². The van der Waals surface area contributed by atoms with Gasteiger partial charge in [-0.25, -0.2) is 9.97 Å². The van der Waals surface area contributed by atoms with E-state index >= 15 is 0 Å². The van der Waals surface area contributed by atoms with Gasteiger partial charge < -0.3 is 19.7 Å². The number of nitrogens with zero attached hydrogens (tertiary/aromatic N) is 4. The maximum atomic E-state index is 10.1.